The number of carboxylic acid groups (broad SMARTS) is 1. The van der Waals surface area contributed by atoms with Crippen LogP contribution in [0.2, 0.25) is 0 Å². The van der Waals surface area contributed by atoms with Crippen molar-refractivity contribution in [2.75, 3.05) is 6.54 Å². The minimum atomic E-state index is -0.933. The van der Waals surface area contributed by atoms with Gasteiger partial charge < -0.3 is 16.2 Å². The van der Waals surface area contributed by atoms with Crippen LogP contribution in [0.5, 0.6) is 0 Å². The predicted molar refractivity (Wildman–Crippen MR) is 63.3 cm³/mol. The maximum atomic E-state index is 10.8. The molecule has 15 heavy (non-hydrogen) atoms. The van der Waals surface area contributed by atoms with Gasteiger partial charge in [0.15, 0.2) is 5.17 Å². The molecule has 0 aromatic heterocycles. The number of carbonyl (C=O) groups is 1. The first kappa shape index (κ1) is 14.2. The van der Waals surface area contributed by atoms with E-state index < -0.39 is 12.0 Å². The average Bonchev–Trinajstić information content (AvgIpc) is 2.10. The largest absolute Gasteiger partial charge is 0.480 e. The van der Waals surface area contributed by atoms with Crippen LogP contribution in [0.15, 0.2) is 0 Å². The predicted octanol–water partition coefficient (Wildman–Crippen LogP) is 0.844. The van der Waals surface area contributed by atoms with Gasteiger partial charge >= 0.3 is 5.97 Å². The lowest BCUT2D eigenvalue weighted by molar-refractivity contribution is -0.139. The number of carboxylic acids is 1. The van der Waals surface area contributed by atoms with E-state index >= 15 is 0 Å². The zero-order chi connectivity index (χ0) is 11.8. The highest BCUT2D eigenvalue weighted by Gasteiger charge is 2.17. The second kappa shape index (κ2) is 7.53. The number of amidine groups is 1. The van der Waals surface area contributed by atoms with E-state index in [1.165, 1.54) is 11.8 Å². The third kappa shape index (κ3) is 7.21. The van der Waals surface area contributed by atoms with Gasteiger partial charge in [-0.05, 0) is 19.4 Å². The normalized spacial score (nSPS) is 12.5. The van der Waals surface area contributed by atoms with E-state index in [1.807, 2.05) is 13.8 Å². The molecule has 0 heterocycles. The lowest BCUT2D eigenvalue weighted by atomic mass is 10.1. The van der Waals surface area contributed by atoms with Gasteiger partial charge in [0.1, 0.15) is 6.04 Å². The molecule has 5 nitrogen and oxygen atoms in total. The van der Waals surface area contributed by atoms with Crippen molar-refractivity contribution >= 4 is 22.9 Å². The summed E-state index contributed by atoms with van der Waals surface area (Å²) in [5.41, 5.74) is 5.31. The molecular weight excluding hydrogens is 214 g/mol. The molecule has 0 aromatic rings. The quantitative estimate of drug-likeness (QED) is 0.402. The van der Waals surface area contributed by atoms with Crippen LogP contribution >= 0.6 is 11.8 Å². The molecule has 0 amide bonds. The molecule has 0 rings (SSSR count). The zero-order valence-corrected chi connectivity index (χ0v) is 9.93. The van der Waals surface area contributed by atoms with Gasteiger partial charge in [0.05, 0.1) is 0 Å². The molecule has 0 aromatic carbocycles. The summed E-state index contributed by atoms with van der Waals surface area (Å²) in [7, 11) is 0. The average molecular weight is 233 g/mol. The summed E-state index contributed by atoms with van der Waals surface area (Å²) in [4.78, 5) is 10.8. The van der Waals surface area contributed by atoms with Crippen LogP contribution < -0.4 is 11.1 Å². The molecule has 0 aliphatic carbocycles. The van der Waals surface area contributed by atoms with Gasteiger partial charge in [-0.3, -0.25) is 5.41 Å². The zero-order valence-electron chi connectivity index (χ0n) is 9.12. The Balaban J connectivity index is 4.04. The molecule has 0 bridgehead atoms. The lowest BCUT2D eigenvalue weighted by Gasteiger charge is -2.16. The summed E-state index contributed by atoms with van der Waals surface area (Å²) < 4.78 is 0. The first-order chi connectivity index (χ1) is 6.97. The summed E-state index contributed by atoms with van der Waals surface area (Å²) in [6.45, 7) is 4.38. The molecule has 0 spiro atoms. The second-order valence-electron chi connectivity index (χ2n) is 3.46. The summed E-state index contributed by atoms with van der Waals surface area (Å²) in [5, 5.41) is 19.6. The first-order valence-corrected chi connectivity index (χ1v) is 5.80. The van der Waals surface area contributed by atoms with Crippen LogP contribution in [0.25, 0.3) is 0 Å². The van der Waals surface area contributed by atoms with Crippen molar-refractivity contribution in [2.45, 2.75) is 38.0 Å². The Bertz CT molecular complexity index is 221. The SMILES string of the molecule is CC(C)SC(=N)N[C@@H](CCCN)C(=O)O. The molecule has 5 N–H and O–H groups in total. The molecule has 1 atom stereocenters. The Labute approximate surface area is 94.3 Å². The van der Waals surface area contributed by atoms with Crippen molar-refractivity contribution in [1.29, 1.82) is 5.41 Å². The molecular formula is C9H19N3O2S. The van der Waals surface area contributed by atoms with Gasteiger partial charge in [0.2, 0.25) is 0 Å². The van der Waals surface area contributed by atoms with Crippen LogP contribution in [0.3, 0.4) is 0 Å². The molecule has 0 saturated carbocycles. The molecule has 0 radical (unpaired) electrons. The Morgan fingerprint density at radius 2 is 2.20 bits per heavy atom. The van der Waals surface area contributed by atoms with Crippen LogP contribution in [-0.2, 0) is 4.79 Å². The topological polar surface area (TPSA) is 99.2 Å². The van der Waals surface area contributed by atoms with E-state index in [0.717, 1.165) is 0 Å². The van der Waals surface area contributed by atoms with Crippen LogP contribution in [-0.4, -0.2) is 34.1 Å². The summed E-state index contributed by atoms with van der Waals surface area (Å²) in [6.07, 6.45) is 1.09. The summed E-state index contributed by atoms with van der Waals surface area (Å²) in [5.74, 6) is -0.933. The molecule has 0 unspecified atom stereocenters. The van der Waals surface area contributed by atoms with E-state index in [9.17, 15) is 4.79 Å². The third-order valence-electron chi connectivity index (χ3n) is 1.65. The van der Waals surface area contributed by atoms with E-state index in [-0.39, 0.29) is 10.4 Å². The van der Waals surface area contributed by atoms with Crippen LogP contribution in [0.4, 0.5) is 0 Å². The smallest absolute Gasteiger partial charge is 0.326 e. The van der Waals surface area contributed by atoms with E-state index in [0.29, 0.717) is 19.4 Å². The van der Waals surface area contributed by atoms with Crippen molar-refractivity contribution in [3.63, 3.8) is 0 Å². The Morgan fingerprint density at radius 1 is 1.60 bits per heavy atom. The van der Waals surface area contributed by atoms with Gasteiger partial charge in [-0.25, -0.2) is 4.79 Å². The number of nitrogens with one attached hydrogen (secondary N) is 2. The standard InChI is InChI=1S/C9H19N3O2S/c1-6(2)15-9(11)12-7(8(13)14)4-3-5-10/h6-7H,3-5,10H2,1-2H3,(H2,11,12)(H,13,14)/t7-/m0/s1. The number of aliphatic carboxylic acids is 1. The number of thioether (sulfide) groups is 1. The van der Waals surface area contributed by atoms with Crippen molar-refractivity contribution in [3.8, 4) is 0 Å². The molecule has 88 valence electrons. The molecule has 0 fully saturated rings. The second-order valence-corrected chi connectivity index (χ2v) is 5.05. The minimum Gasteiger partial charge on any atom is -0.480 e. The van der Waals surface area contributed by atoms with Crippen LogP contribution in [0, 0.1) is 5.41 Å². The third-order valence-corrected chi connectivity index (χ3v) is 2.48. The first-order valence-electron chi connectivity index (χ1n) is 4.92. The highest BCUT2D eigenvalue weighted by Crippen LogP contribution is 2.10. The van der Waals surface area contributed by atoms with Gasteiger partial charge in [0, 0.05) is 5.25 Å². The highest BCUT2D eigenvalue weighted by molar-refractivity contribution is 8.14. The Kier molecular flexibility index (Phi) is 7.15. The fourth-order valence-electron chi connectivity index (χ4n) is 1.01. The fourth-order valence-corrected chi connectivity index (χ4v) is 1.69. The Morgan fingerprint density at radius 3 is 2.60 bits per heavy atom. The molecule has 6 heteroatoms. The number of rotatable bonds is 6. The fraction of sp³-hybridized carbons (Fsp3) is 0.778. The maximum Gasteiger partial charge on any atom is 0.326 e. The minimum absolute atomic E-state index is 0.203. The van der Waals surface area contributed by atoms with Gasteiger partial charge in [-0.15, -0.1) is 0 Å². The molecule has 0 aliphatic rings. The summed E-state index contributed by atoms with van der Waals surface area (Å²) >= 11 is 1.31. The number of hydrogen-bond donors (Lipinski definition) is 4. The van der Waals surface area contributed by atoms with E-state index in [2.05, 4.69) is 5.32 Å². The van der Waals surface area contributed by atoms with Crippen molar-refractivity contribution in [2.24, 2.45) is 5.73 Å². The number of nitrogens with two attached hydrogens (primary N) is 1. The van der Waals surface area contributed by atoms with Gasteiger partial charge in [-0.2, -0.15) is 0 Å². The van der Waals surface area contributed by atoms with Crippen LogP contribution in [0.1, 0.15) is 26.7 Å². The highest BCUT2D eigenvalue weighted by atomic mass is 32.2. The van der Waals surface area contributed by atoms with Gasteiger partial charge in [0.25, 0.3) is 0 Å². The lowest BCUT2D eigenvalue weighted by Crippen LogP contribution is -2.39. The van der Waals surface area contributed by atoms with Gasteiger partial charge in [-0.1, -0.05) is 25.6 Å². The number of hydrogen-bond acceptors (Lipinski definition) is 4. The summed E-state index contributed by atoms with van der Waals surface area (Å²) in [6, 6.07) is -0.702. The van der Waals surface area contributed by atoms with Crippen molar-refractivity contribution in [3.05, 3.63) is 0 Å². The van der Waals surface area contributed by atoms with Crippen molar-refractivity contribution < 1.29 is 9.90 Å². The van der Waals surface area contributed by atoms with Crippen molar-refractivity contribution in [1.82, 2.24) is 5.32 Å². The van der Waals surface area contributed by atoms with E-state index in [1.54, 1.807) is 0 Å². The van der Waals surface area contributed by atoms with E-state index in [4.69, 9.17) is 16.2 Å². The Hall–Kier alpha value is -0.750. The monoisotopic (exact) mass is 233 g/mol. The molecule has 0 saturated heterocycles. The molecule has 0 aliphatic heterocycles. The maximum absolute atomic E-state index is 10.8.